The number of anilines is 2. The Kier molecular flexibility index (Phi) is 5.57. The van der Waals surface area contributed by atoms with Crippen LogP contribution in [0.3, 0.4) is 0 Å². The van der Waals surface area contributed by atoms with Crippen molar-refractivity contribution in [2.75, 3.05) is 10.6 Å². The highest BCUT2D eigenvalue weighted by Crippen LogP contribution is 2.18. The molecule has 126 valence electrons. The van der Waals surface area contributed by atoms with Gasteiger partial charge in [0.1, 0.15) is 0 Å². The molecule has 0 aliphatic carbocycles. The van der Waals surface area contributed by atoms with Gasteiger partial charge in [0.2, 0.25) is 23.7 Å². The lowest BCUT2D eigenvalue weighted by molar-refractivity contribution is -0.119. The zero-order valence-electron chi connectivity index (χ0n) is 14.2. The van der Waals surface area contributed by atoms with Gasteiger partial charge in [-0.1, -0.05) is 58.0 Å². The van der Waals surface area contributed by atoms with E-state index in [2.05, 4.69) is 25.6 Å². The van der Waals surface area contributed by atoms with Gasteiger partial charge in [0.05, 0.1) is 0 Å². The van der Waals surface area contributed by atoms with E-state index in [0.29, 0.717) is 5.82 Å². The Morgan fingerprint density at radius 2 is 1.25 bits per heavy atom. The standard InChI is InChI=1S/C17H21N5O2/c1-10(2)14(23)20-16-18-13(12-8-6-5-7-9-12)19-17(22-16)21-15(24)11(3)4/h5-11H,1-4H3,(H2,18,19,20,21,22,23,24). The number of rotatable bonds is 5. The van der Waals surface area contributed by atoms with E-state index < -0.39 is 0 Å². The molecule has 0 fully saturated rings. The van der Waals surface area contributed by atoms with Crippen LogP contribution in [0.5, 0.6) is 0 Å². The van der Waals surface area contributed by atoms with Crippen LogP contribution < -0.4 is 10.6 Å². The molecule has 0 saturated heterocycles. The first kappa shape index (κ1) is 17.5. The molecule has 0 saturated carbocycles. The van der Waals surface area contributed by atoms with Gasteiger partial charge in [0.25, 0.3) is 0 Å². The maximum atomic E-state index is 11.9. The molecule has 0 aliphatic rings. The summed E-state index contributed by atoms with van der Waals surface area (Å²) in [6, 6.07) is 9.29. The van der Waals surface area contributed by atoms with E-state index in [1.54, 1.807) is 27.7 Å². The van der Waals surface area contributed by atoms with Crippen LogP contribution in [0, 0.1) is 11.8 Å². The van der Waals surface area contributed by atoms with Crippen molar-refractivity contribution in [3.63, 3.8) is 0 Å². The van der Waals surface area contributed by atoms with Gasteiger partial charge in [-0.3, -0.25) is 20.2 Å². The molecule has 0 atom stereocenters. The lowest BCUT2D eigenvalue weighted by atomic mass is 10.2. The summed E-state index contributed by atoms with van der Waals surface area (Å²) in [5, 5.41) is 5.28. The van der Waals surface area contributed by atoms with Crippen molar-refractivity contribution in [2.45, 2.75) is 27.7 Å². The first-order valence-corrected chi connectivity index (χ1v) is 7.80. The minimum atomic E-state index is -0.212. The molecule has 2 rings (SSSR count). The van der Waals surface area contributed by atoms with Crippen molar-refractivity contribution in [1.29, 1.82) is 0 Å². The molecule has 0 unspecified atom stereocenters. The topological polar surface area (TPSA) is 96.9 Å². The minimum absolute atomic E-state index is 0.113. The van der Waals surface area contributed by atoms with Crippen LogP contribution in [0.25, 0.3) is 11.4 Å². The number of aromatic nitrogens is 3. The first-order valence-electron chi connectivity index (χ1n) is 7.80. The molecular weight excluding hydrogens is 306 g/mol. The highest BCUT2D eigenvalue weighted by molar-refractivity contribution is 5.92. The quantitative estimate of drug-likeness (QED) is 0.880. The van der Waals surface area contributed by atoms with Gasteiger partial charge in [-0.15, -0.1) is 0 Å². The smallest absolute Gasteiger partial charge is 0.234 e. The number of hydrogen-bond acceptors (Lipinski definition) is 5. The molecule has 1 aromatic carbocycles. The first-order chi connectivity index (χ1) is 11.4. The summed E-state index contributed by atoms with van der Waals surface area (Å²) in [5.74, 6) is -0.235. The van der Waals surface area contributed by atoms with Crippen molar-refractivity contribution in [1.82, 2.24) is 15.0 Å². The fraction of sp³-hybridized carbons (Fsp3) is 0.353. The monoisotopic (exact) mass is 327 g/mol. The zero-order valence-corrected chi connectivity index (χ0v) is 14.2. The zero-order chi connectivity index (χ0) is 17.7. The van der Waals surface area contributed by atoms with Gasteiger partial charge in [0.15, 0.2) is 5.82 Å². The number of carbonyl (C=O) groups is 2. The highest BCUT2D eigenvalue weighted by Gasteiger charge is 2.15. The maximum Gasteiger partial charge on any atom is 0.234 e. The van der Waals surface area contributed by atoms with Gasteiger partial charge in [-0.2, -0.15) is 15.0 Å². The van der Waals surface area contributed by atoms with Gasteiger partial charge in [0, 0.05) is 17.4 Å². The molecule has 7 nitrogen and oxygen atoms in total. The summed E-state index contributed by atoms with van der Waals surface area (Å²) < 4.78 is 0. The summed E-state index contributed by atoms with van der Waals surface area (Å²) in [6.45, 7) is 7.10. The number of hydrogen-bond donors (Lipinski definition) is 2. The van der Waals surface area contributed by atoms with Crippen molar-refractivity contribution >= 4 is 23.7 Å². The summed E-state index contributed by atoms with van der Waals surface area (Å²) >= 11 is 0. The van der Waals surface area contributed by atoms with E-state index in [0.717, 1.165) is 5.56 Å². The summed E-state index contributed by atoms with van der Waals surface area (Å²) in [4.78, 5) is 36.5. The molecule has 2 N–H and O–H groups in total. The Balaban J connectivity index is 2.39. The molecule has 24 heavy (non-hydrogen) atoms. The van der Waals surface area contributed by atoms with Crippen LogP contribution in [-0.2, 0) is 9.59 Å². The summed E-state index contributed by atoms with van der Waals surface area (Å²) in [7, 11) is 0. The van der Waals surface area contributed by atoms with E-state index >= 15 is 0 Å². The molecule has 1 aromatic heterocycles. The molecule has 2 aromatic rings. The minimum Gasteiger partial charge on any atom is -0.294 e. The average molecular weight is 327 g/mol. The van der Waals surface area contributed by atoms with Crippen molar-refractivity contribution in [2.24, 2.45) is 11.8 Å². The number of carbonyl (C=O) groups excluding carboxylic acids is 2. The molecule has 0 spiro atoms. The lowest BCUT2D eigenvalue weighted by Crippen LogP contribution is -2.23. The largest absolute Gasteiger partial charge is 0.294 e. The van der Waals surface area contributed by atoms with Crippen molar-refractivity contribution in [3.05, 3.63) is 30.3 Å². The van der Waals surface area contributed by atoms with Gasteiger partial charge < -0.3 is 0 Å². The van der Waals surface area contributed by atoms with Gasteiger partial charge in [-0.05, 0) is 0 Å². The van der Waals surface area contributed by atoms with E-state index in [4.69, 9.17) is 0 Å². The second-order valence-corrected chi connectivity index (χ2v) is 5.96. The third kappa shape index (κ3) is 4.58. The fourth-order valence-corrected chi connectivity index (χ4v) is 1.71. The number of nitrogens with one attached hydrogen (secondary N) is 2. The summed E-state index contributed by atoms with van der Waals surface area (Å²) in [6.07, 6.45) is 0. The van der Waals surface area contributed by atoms with Crippen molar-refractivity contribution in [3.8, 4) is 11.4 Å². The maximum absolute atomic E-state index is 11.9. The highest BCUT2D eigenvalue weighted by atomic mass is 16.2. The third-order valence-electron chi connectivity index (χ3n) is 3.19. The number of benzene rings is 1. The van der Waals surface area contributed by atoms with Crippen LogP contribution in [0.4, 0.5) is 11.9 Å². The molecule has 0 aliphatic heterocycles. The molecule has 1 heterocycles. The second kappa shape index (κ2) is 7.63. The predicted octanol–water partition coefficient (Wildman–Crippen LogP) is 2.73. The van der Waals surface area contributed by atoms with Crippen molar-refractivity contribution < 1.29 is 9.59 Å². The Hall–Kier alpha value is -2.83. The molecule has 2 amide bonds. The number of nitrogens with zero attached hydrogens (tertiary/aromatic N) is 3. The normalized spacial score (nSPS) is 10.8. The van der Waals surface area contributed by atoms with Crippen LogP contribution in [0.2, 0.25) is 0 Å². The van der Waals surface area contributed by atoms with Crippen LogP contribution >= 0.6 is 0 Å². The van der Waals surface area contributed by atoms with Gasteiger partial charge in [-0.25, -0.2) is 0 Å². The Morgan fingerprint density at radius 3 is 1.67 bits per heavy atom. The van der Waals surface area contributed by atoms with E-state index in [-0.39, 0.29) is 35.5 Å². The molecule has 7 heteroatoms. The Morgan fingerprint density at radius 1 is 0.792 bits per heavy atom. The van der Waals surface area contributed by atoms with Crippen LogP contribution in [0.15, 0.2) is 30.3 Å². The number of amides is 2. The Labute approximate surface area is 140 Å². The van der Waals surface area contributed by atoms with E-state index in [1.165, 1.54) is 0 Å². The molecular formula is C17H21N5O2. The molecule has 0 bridgehead atoms. The van der Waals surface area contributed by atoms with Crippen LogP contribution in [0.1, 0.15) is 27.7 Å². The fourth-order valence-electron chi connectivity index (χ4n) is 1.71. The predicted molar refractivity (Wildman–Crippen MR) is 92.2 cm³/mol. The third-order valence-corrected chi connectivity index (χ3v) is 3.19. The summed E-state index contributed by atoms with van der Waals surface area (Å²) in [5.41, 5.74) is 0.764. The Bertz CT molecular complexity index is 689. The average Bonchev–Trinajstić information content (AvgIpc) is 2.55. The van der Waals surface area contributed by atoms with Gasteiger partial charge >= 0.3 is 0 Å². The molecule has 0 radical (unpaired) electrons. The lowest BCUT2D eigenvalue weighted by Gasteiger charge is -2.11. The van der Waals surface area contributed by atoms with E-state index in [1.807, 2.05) is 30.3 Å². The van der Waals surface area contributed by atoms with Crippen LogP contribution in [-0.4, -0.2) is 26.8 Å². The SMILES string of the molecule is CC(C)C(=O)Nc1nc(NC(=O)C(C)C)nc(-c2ccccc2)n1. The van der Waals surface area contributed by atoms with E-state index in [9.17, 15) is 9.59 Å². The second-order valence-electron chi connectivity index (χ2n) is 5.96.